The maximum absolute atomic E-state index is 12.4. The second kappa shape index (κ2) is 7.20. The molecule has 2 aromatic rings. The Kier molecular flexibility index (Phi) is 4.99. The Hall–Kier alpha value is -2.81. The van der Waals surface area contributed by atoms with Gasteiger partial charge in [-0.2, -0.15) is 5.26 Å². The predicted molar refractivity (Wildman–Crippen MR) is 97.9 cm³/mol. The third-order valence-electron chi connectivity index (χ3n) is 4.24. The molecule has 1 aromatic heterocycles. The van der Waals surface area contributed by atoms with E-state index >= 15 is 0 Å². The Morgan fingerprint density at radius 3 is 2.88 bits per heavy atom. The fourth-order valence-corrected chi connectivity index (χ4v) is 3.08. The second-order valence-corrected chi connectivity index (χ2v) is 7.43. The Labute approximate surface area is 153 Å². The van der Waals surface area contributed by atoms with E-state index in [0.717, 1.165) is 23.6 Å². The highest BCUT2D eigenvalue weighted by Gasteiger charge is 2.32. The first-order chi connectivity index (χ1) is 12.4. The van der Waals surface area contributed by atoms with Crippen LogP contribution in [0.15, 0.2) is 30.3 Å². The Bertz CT molecular complexity index is 851. The van der Waals surface area contributed by atoms with E-state index in [1.54, 1.807) is 11.0 Å². The van der Waals surface area contributed by atoms with Crippen molar-refractivity contribution in [3.8, 4) is 11.9 Å². The number of hydrogen-bond acceptors (Lipinski definition) is 5. The first kappa shape index (κ1) is 18.0. The average molecular weight is 353 g/mol. The van der Waals surface area contributed by atoms with E-state index in [4.69, 9.17) is 9.47 Å². The Balaban J connectivity index is 1.75. The molecule has 6 heteroatoms. The van der Waals surface area contributed by atoms with Crippen LogP contribution >= 0.6 is 0 Å². The van der Waals surface area contributed by atoms with Crippen molar-refractivity contribution >= 4 is 16.9 Å². The lowest BCUT2D eigenvalue weighted by Gasteiger charge is -2.28. The normalized spacial score (nSPS) is 17.2. The van der Waals surface area contributed by atoms with Gasteiger partial charge in [0, 0.05) is 11.9 Å². The summed E-state index contributed by atoms with van der Waals surface area (Å²) in [5, 5.41) is 10.9. The van der Waals surface area contributed by atoms with E-state index in [2.05, 4.69) is 11.1 Å². The molecule has 0 radical (unpaired) electrons. The first-order valence-electron chi connectivity index (χ1n) is 8.80. The molecule has 1 amide bonds. The van der Waals surface area contributed by atoms with Gasteiger partial charge in [0.15, 0.2) is 0 Å². The molecular formula is C20H23N3O3. The number of nitrogens with zero attached hydrogens (tertiary/aromatic N) is 3. The number of amides is 1. The van der Waals surface area contributed by atoms with Gasteiger partial charge in [-0.25, -0.2) is 9.78 Å². The van der Waals surface area contributed by atoms with Crippen LogP contribution in [0, 0.1) is 11.3 Å². The first-order valence-corrected chi connectivity index (χ1v) is 8.80. The lowest BCUT2D eigenvalue weighted by atomic mass is 10.1. The highest BCUT2D eigenvalue weighted by atomic mass is 16.6. The van der Waals surface area contributed by atoms with Gasteiger partial charge in [-0.05, 0) is 51.1 Å². The number of carbonyl (C=O) groups is 1. The van der Waals surface area contributed by atoms with Gasteiger partial charge >= 0.3 is 6.09 Å². The number of rotatable bonds is 3. The zero-order valence-corrected chi connectivity index (χ0v) is 15.4. The molecule has 1 aromatic carbocycles. The monoisotopic (exact) mass is 353 g/mol. The number of carbonyl (C=O) groups excluding carboxylic acids is 1. The fraction of sp³-hybridized carbons (Fsp3) is 0.450. The van der Waals surface area contributed by atoms with Gasteiger partial charge in [0.2, 0.25) is 5.88 Å². The maximum Gasteiger partial charge on any atom is 0.410 e. The van der Waals surface area contributed by atoms with Crippen molar-refractivity contribution in [2.24, 2.45) is 0 Å². The summed E-state index contributed by atoms with van der Waals surface area (Å²) in [4.78, 5) is 18.4. The number of fused-ring (bicyclic) bond motifs is 1. The van der Waals surface area contributed by atoms with Crippen molar-refractivity contribution in [2.45, 2.75) is 45.3 Å². The van der Waals surface area contributed by atoms with Crippen LogP contribution in [0.1, 0.15) is 39.3 Å². The van der Waals surface area contributed by atoms with Crippen molar-refractivity contribution in [2.75, 3.05) is 13.2 Å². The smallest absolute Gasteiger partial charge is 0.410 e. The summed E-state index contributed by atoms with van der Waals surface area (Å²) in [7, 11) is 0. The van der Waals surface area contributed by atoms with Crippen LogP contribution in [0.5, 0.6) is 5.88 Å². The van der Waals surface area contributed by atoms with E-state index in [1.165, 1.54) is 0 Å². The highest BCUT2D eigenvalue weighted by Crippen LogP contribution is 2.26. The summed E-state index contributed by atoms with van der Waals surface area (Å²) in [5.41, 5.74) is -0.210. The summed E-state index contributed by atoms with van der Waals surface area (Å²) < 4.78 is 11.4. The molecule has 1 atom stereocenters. The molecule has 3 rings (SSSR count). The fourth-order valence-electron chi connectivity index (χ4n) is 3.08. The van der Waals surface area contributed by atoms with Gasteiger partial charge in [0.1, 0.15) is 24.0 Å². The molecule has 2 heterocycles. The molecule has 0 bridgehead atoms. The quantitative estimate of drug-likeness (QED) is 0.837. The SMILES string of the molecule is CC(C)(C)OC(=O)N1CCC[C@@H]1COc1nc(C#N)cc2ccccc12. The predicted octanol–water partition coefficient (Wildman–Crippen LogP) is 3.88. The van der Waals surface area contributed by atoms with Crippen LogP contribution in [0.4, 0.5) is 4.79 Å². The van der Waals surface area contributed by atoms with Crippen molar-refractivity contribution in [1.82, 2.24) is 9.88 Å². The van der Waals surface area contributed by atoms with Gasteiger partial charge in [-0.15, -0.1) is 0 Å². The standard InChI is InChI=1S/C20H23N3O3/c1-20(2,3)26-19(24)23-10-6-8-16(23)13-25-18-17-9-5-4-7-14(17)11-15(12-21)22-18/h4-5,7,9,11,16H,6,8,10,13H2,1-3H3/t16-/m1/s1. The average Bonchev–Trinajstić information content (AvgIpc) is 3.06. The zero-order chi connectivity index (χ0) is 18.7. The van der Waals surface area contributed by atoms with Gasteiger partial charge in [0.25, 0.3) is 0 Å². The molecule has 0 N–H and O–H groups in total. The summed E-state index contributed by atoms with van der Waals surface area (Å²) in [6.07, 6.45) is 1.46. The lowest BCUT2D eigenvalue weighted by Crippen LogP contribution is -2.42. The second-order valence-electron chi connectivity index (χ2n) is 7.43. The third-order valence-corrected chi connectivity index (χ3v) is 4.24. The molecule has 1 aliphatic heterocycles. The minimum Gasteiger partial charge on any atom is -0.475 e. The van der Waals surface area contributed by atoms with E-state index in [0.29, 0.717) is 24.7 Å². The van der Waals surface area contributed by atoms with E-state index < -0.39 is 5.60 Å². The third kappa shape index (κ3) is 4.05. The topological polar surface area (TPSA) is 75.4 Å². The number of likely N-dealkylation sites (tertiary alicyclic amines) is 1. The van der Waals surface area contributed by atoms with E-state index in [9.17, 15) is 10.1 Å². The zero-order valence-electron chi connectivity index (χ0n) is 15.4. The largest absolute Gasteiger partial charge is 0.475 e. The summed E-state index contributed by atoms with van der Waals surface area (Å²) in [6, 6.07) is 11.4. The lowest BCUT2D eigenvalue weighted by molar-refractivity contribution is 0.0186. The van der Waals surface area contributed by atoms with Crippen molar-refractivity contribution in [3.05, 3.63) is 36.0 Å². The molecule has 1 fully saturated rings. The highest BCUT2D eigenvalue weighted by molar-refractivity contribution is 5.87. The molecule has 0 spiro atoms. The number of pyridine rings is 1. The number of ether oxygens (including phenoxy) is 2. The summed E-state index contributed by atoms with van der Waals surface area (Å²) in [6.45, 7) is 6.56. The van der Waals surface area contributed by atoms with Crippen LogP contribution in [0.25, 0.3) is 10.8 Å². The van der Waals surface area contributed by atoms with Gasteiger partial charge < -0.3 is 14.4 Å². The van der Waals surface area contributed by atoms with Gasteiger partial charge in [0.05, 0.1) is 6.04 Å². The molecule has 136 valence electrons. The van der Waals surface area contributed by atoms with Crippen LogP contribution in [0.3, 0.4) is 0 Å². The minimum absolute atomic E-state index is 0.0591. The van der Waals surface area contributed by atoms with E-state index in [-0.39, 0.29) is 12.1 Å². The van der Waals surface area contributed by atoms with E-state index in [1.807, 2.05) is 45.0 Å². The van der Waals surface area contributed by atoms with Crippen LogP contribution < -0.4 is 4.74 Å². The minimum atomic E-state index is -0.524. The Morgan fingerprint density at radius 2 is 2.15 bits per heavy atom. The number of benzene rings is 1. The van der Waals surface area contributed by atoms with Crippen LogP contribution in [-0.4, -0.2) is 40.8 Å². The molecule has 0 saturated carbocycles. The maximum atomic E-state index is 12.4. The van der Waals surface area contributed by atoms with Crippen molar-refractivity contribution in [3.63, 3.8) is 0 Å². The van der Waals surface area contributed by atoms with Gasteiger partial charge in [-0.1, -0.05) is 18.2 Å². The summed E-state index contributed by atoms with van der Waals surface area (Å²) in [5.74, 6) is 0.427. The molecule has 6 nitrogen and oxygen atoms in total. The van der Waals surface area contributed by atoms with Crippen molar-refractivity contribution in [1.29, 1.82) is 5.26 Å². The number of nitriles is 1. The van der Waals surface area contributed by atoms with Crippen LogP contribution in [-0.2, 0) is 4.74 Å². The number of aromatic nitrogens is 1. The molecular weight excluding hydrogens is 330 g/mol. The van der Waals surface area contributed by atoms with Crippen LogP contribution in [0.2, 0.25) is 0 Å². The Morgan fingerprint density at radius 1 is 1.38 bits per heavy atom. The number of hydrogen-bond donors (Lipinski definition) is 0. The molecule has 0 aliphatic carbocycles. The molecule has 26 heavy (non-hydrogen) atoms. The molecule has 0 unspecified atom stereocenters. The van der Waals surface area contributed by atoms with Crippen molar-refractivity contribution < 1.29 is 14.3 Å². The molecule has 1 saturated heterocycles. The van der Waals surface area contributed by atoms with Gasteiger partial charge in [-0.3, -0.25) is 0 Å². The molecule has 1 aliphatic rings. The summed E-state index contributed by atoms with van der Waals surface area (Å²) >= 11 is 0.